The number of benzene rings is 2. The van der Waals surface area contributed by atoms with E-state index in [1.807, 2.05) is 53.9 Å². The van der Waals surface area contributed by atoms with Crippen molar-refractivity contribution in [2.45, 2.75) is 23.8 Å². The van der Waals surface area contributed by atoms with Crippen molar-refractivity contribution in [3.8, 4) is 0 Å². The molecule has 1 saturated heterocycles. The molecule has 0 atom stereocenters. The van der Waals surface area contributed by atoms with Gasteiger partial charge < -0.3 is 4.74 Å². The molecule has 1 fully saturated rings. The van der Waals surface area contributed by atoms with Gasteiger partial charge in [0, 0.05) is 17.1 Å². The number of aryl methyl sites for hydroxylation is 2. The Kier molecular flexibility index (Phi) is 5.36. The molecule has 0 spiro atoms. The lowest BCUT2D eigenvalue weighted by atomic mass is 10.0. The fourth-order valence-corrected chi connectivity index (χ4v) is 6.23. The van der Waals surface area contributed by atoms with Crippen LogP contribution >= 0.6 is 23.5 Å². The zero-order valence-corrected chi connectivity index (χ0v) is 16.0. The lowest BCUT2D eigenvalue weighted by Crippen LogP contribution is -2.14. The summed E-state index contributed by atoms with van der Waals surface area (Å²) in [5.41, 5.74) is 4.92. The van der Waals surface area contributed by atoms with Crippen LogP contribution in [0.15, 0.2) is 42.5 Å². The second-order valence-electron chi connectivity index (χ2n) is 6.53. The first-order valence-electron chi connectivity index (χ1n) is 8.86. The van der Waals surface area contributed by atoms with Crippen LogP contribution in [0.25, 0.3) is 0 Å². The van der Waals surface area contributed by atoms with Crippen LogP contribution in [0, 0.1) is 0 Å². The maximum Gasteiger partial charge on any atom is 0.338 e. The molecule has 2 aromatic rings. The van der Waals surface area contributed by atoms with Crippen molar-refractivity contribution in [3.05, 3.63) is 70.3 Å². The number of ether oxygens (including phenoxy) is 1. The summed E-state index contributed by atoms with van der Waals surface area (Å²) in [4.78, 5) is 24.5. The van der Waals surface area contributed by atoms with E-state index >= 15 is 0 Å². The van der Waals surface area contributed by atoms with Gasteiger partial charge in [0.2, 0.25) is 0 Å². The summed E-state index contributed by atoms with van der Waals surface area (Å²) in [6.07, 6.45) is 3.27. The third-order valence-corrected chi connectivity index (χ3v) is 7.90. The van der Waals surface area contributed by atoms with Gasteiger partial charge in [0.1, 0.15) is 0 Å². The topological polar surface area (TPSA) is 43.4 Å². The fraction of sp³-hybridized carbons (Fsp3) is 0.333. The van der Waals surface area contributed by atoms with E-state index in [0.717, 1.165) is 19.3 Å². The van der Waals surface area contributed by atoms with E-state index in [4.69, 9.17) is 4.74 Å². The van der Waals surface area contributed by atoms with Crippen LogP contribution < -0.4 is 0 Å². The van der Waals surface area contributed by atoms with E-state index in [1.165, 1.54) is 28.2 Å². The Morgan fingerprint density at radius 3 is 2.38 bits per heavy atom. The molecule has 0 radical (unpaired) electrons. The molecule has 0 aromatic heterocycles. The van der Waals surface area contributed by atoms with Crippen molar-refractivity contribution in [1.82, 2.24) is 0 Å². The Hall–Kier alpha value is -1.72. The van der Waals surface area contributed by atoms with Crippen LogP contribution in [0.4, 0.5) is 0 Å². The molecule has 0 unspecified atom stereocenters. The number of rotatable bonds is 5. The maximum absolute atomic E-state index is 12.3. The highest BCUT2D eigenvalue weighted by atomic mass is 32.2. The second-order valence-corrected chi connectivity index (χ2v) is 9.26. The smallest absolute Gasteiger partial charge is 0.338 e. The Bertz CT molecular complexity index is 824. The summed E-state index contributed by atoms with van der Waals surface area (Å²) in [5, 5.41) is 0. The molecule has 2 aromatic carbocycles. The predicted molar refractivity (Wildman–Crippen MR) is 107 cm³/mol. The zero-order valence-electron chi connectivity index (χ0n) is 14.4. The number of hydrogen-bond donors (Lipinski definition) is 0. The number of carbonyl (C=O) groups excluding carboxylic acids is 2. The van der Waals surface area contributed by atoms with E-state index in [-0.39, 0.29) is 12.4 Å². The Morgan fingerprint density at radius 2 is 1.62 bits per heavy atom. The highest BCUT2D eigenvalue weighted by Crippen LogP contribution is 2.45. The molecule has 1 heterocycles. The molecule has 0 saturated carbocycles. The van der Waals surface area contributed by atoms with Gasteiger partial charge in [-0.1, -0.05) is 24.3 Å². The van der Waals surface area contributed by atoms with Gasteiger partial charge in [-0.15, -0.1) is 23.5 Å². The number of thioether (sulfide) groups is 2. The zero-order chi connectivity index (χ0) is 17.9. The summed E-state index contributed by atoms with van der Waals surface area (Å²) in [6, 6.07) is 13.4. The maximum atomic E-state index is 12.3. The van der Waals surface area contributed by atoms with Crippen LogP contribution in [0.2, 0.25) is 0 Å². The predicted octanol–water partition coefficient (Wildman–Crippen LogP) is 4.69. The standard InChI is InChI=1S/C21H20O3S2/c22-19(18-9-4-14-2-1-3-17(14)12-18)13-24-20(23)15-5-7-16(8-6-15)21-25-10-11-26-21/h4-9,12,21H,1-3,10-11,13H2. The third kappa shape index (κ3) is 3.84. The van der Waals surface area contributed by atoms with Crippen LogP contribution in [0.5, 0.6) is 0 Å². The first kappa shape index (κ1) is 17.7. The fourth-order valence-electron chi connectivity index (χ4n) is 3.37. The average molecular weight is 385 g/mol. The highest BCUT2D eigenvalue weighted by Gasteiger charge is 2.19. The van der Waals surface area contributed by atoms with Gasteiger partial charge in [0.05, 0.1) is 10.1 Å². The SMILES string of the molecule is O=C(COC(=O)c1ccc(C2SCCS2)cc1)c1ccc2c(c1)CCC2. The lowest BCUT2D eigenvalue weighted by Gasteiger charge is -2.09. The average Bonchev–Trinajstić information content (AvgIpc) is 3.37. The number of esters is 1. The van der Waals surface area contributed by atoms with Crippen molar-refractivity contribution in [1.29, 1.82) is 0 Å². The Morgan fingerprint density at radius 1 is 0.923 bits per heavy atom. The van der Waals surface area contributed by atoms with Crippen molar-refractivity contribution < 1.29 is 14.3 Å². The van der Waals surface area contributed by atoms with Crippen LogP contribution in [-0.4, -0.2) is 29.9 Å². The molecule has 26 heavy (non-hydrogen) atoms. The summed E-state index contributed by atoms with van der Waals surface area (Å²) < 4.78 is 5.69. The first-order chi connectivity index (χ1) is 12.7. The van der Waals surface area contributed by atoms with Crippen LogP contribution in [0.1, 0.15) is 48.4 Å². The summed E-state index contributed by atoms with van der Waals surface area (Å²) in [6.45, 7) is -0.215. The summed E-state index contributed by atoms with van der Waals surface area (Å²) in [5.74, 6) is 1.75. The molecule has 3 nitrogen and oxygen atoms in total. The molecule has 0 N–H and O–H groups in total. The molecule has 5 heteroatoms. The number of hydrogen-bond acceptors (Lipinski definition) is 5. The van der Waals surface area contributed by atoms with Crippen LogP contribution in [-0.2, 0) is 17.6 Å². The van der Waals surface area contributed by atoms with Crippen LogP contribution in [0.3, 0.4) is 0 Å². The summed E-state index contributed by atoms with van der Waals surface area (Å²) in [7, 11) is 0. The van der Waals surface area contributed by atoms with Gasteiger partial charge in [-0.2, -0.15) is 0 Å². The van der Waals surface area contributed by atoms with Crippen molar-refractivity contribution in [3.63, 3.8) is 0 Å². The number of carbonyl (C=O) groups is 2. The van der Waals surface area contributed by atoms with Gasteiger partial charge in [-0.3, -0.25) is 4.79 Å². The van der Waals surface area contributed by atoms with Crippen molar-refractivity contribution in [2.24, 2.45) is 0 Å². The molecule has 134 valence electrons. The van der Waals surface area contributed by atoms with E-state index < -0.39 is 5.97 Å². The molecule has 1 aliphatic heterocycles. The summed E-state index contributed by atoms with van der Waals surface area (Å²) >= 11 is 3.86. The Balaban J connectivity index is 1.35. The minimum atomic E-state index is -0.446. The molecule has 0 bridgehead atoms. The van der Waals surface area contributed by atoms with E-state index in [0.29, 0.717) is 15.7 Å². The first-order valence-corrected chi connectivity index (χ1v) is 11.0. The number of fused-ring (bicyclic) bond motifs is 1. The number of Topliss-reactive ketones (excluding diaryl/α,β-unsaturated/α-hetero) is 1. The van der Waals surface area contributed by atoms with Gasteiger partial charge in [0.15, 0.2) is 12.4 Å². The van der Waals surface area contributed by atoms with Gasteiger partial charge in [-0.25, -0.2) is 4.79 Å². The van der Waals surface area contributed by atoms with Gasteiger partial charge in [-0.05, 0) is 54.2 Å². The molecular formula is C21H20O3S2. The normalized spacial score (nSPS) is 16.5. The minimum absolute atomic E-state index is 0.150. The van der Waals surface area contributed by atoms with Gasteiger partial charge in [0.25, 0.3) is 0 Å². The van der Waals surface area contributed by atoms with E-state index in [2.05, 4.69) is 0 Å². The highest BCUT2D eigenvalue weighted by molar-refractivity contribution is 8.19. The lowest BCUT2D eigenvalue weighted by molar-refractivity contribution is 0.0474. The molecule has 4 rings (SSSR count). The minimum Gasteiger partial charge on any atom is -0.454 e. The Labute approximate surface area is 161 Å². The largest absolute Gasteiger partial charge is 0.454 e. The molecule has 2 aliphatic rings. The van der Waals surface area contributed by atoms with Crippen molar-refractivity contribution in [2.75, 3.05) is 18.1 Å². The van der Waals surface area contributed by atoms with Gasteiger partial charge >= 0.3 is 5.97 Å². The van der Waals surface area contributed by atoms with Crippen molar-refractivity contribution >= 4 is 35.3 Å². The monoisotopic (exact) mass is 384 g/mol. The number of ketones is 1. The van der Waals surface area contributed by atoms with E-state index in [9.17, 15) is 9.59 Å². The molecule has 0 amide bonds. The quantitative estimate of drug-likeness (QED) is 0.552. The van der Waals surface area contributed by atoms with E-state index in [1.54, 1.807) is 12.1 Å². The third-order valence-electron chi connectivity index (χ3n) is 4.80. The molecular weight excluding hydrogens is 364 g/mol. The second kappa shape index (κ2) is 7.89. The molecule has 1 aliphatic carbocycles.